The second kappa shape index (κ2) is 10.3. The molecular formula is C26H25Cl2N3O2. The van der Waals surface area contributed by atoms with Gasteiger partial charge in [0.05, 0.1) is 12.8 Å². The number of carbonyl (C=O) groups is 1. The number of pyridine rings is 1. The number of hydrogen-bond acceptors (Lipinski definition) is 3. The molecule has 0 spiro atoms. The molecule has 0 bridgehead atoms. The lowest BCUT2D eigenvalue weighted by atomic mass is 9.92. The summed E-state index contributed by atoms with van der Waals surface area (Å²) in [6, 6.07) is 17.3. The first-order valence-corrected chi connectivity index (χ1v) is 11.5. The Morgan fingerprint density at radius 2 is 2.00 bits per heavy atom. The number of aromatic nitrogens is 2. The molecule has 0 saturated carbocycles. The monoisotopic (exact) mass is 481 g/mol. The van der Waals surface area contributed by atoms with E-state index in [1.165, 1.54) is 0 Å². The number of nitrogens with one attached hydrogen (secondary N) is 1. The third-order valence-corrected chi connectivity index (χ3v) is 6.32. The maximum absolute atomic E-state index is 13.0. The summed E-state index contributed by atoms with van der Waals surface area (Å²) in [6.07, 6.45) is 4.75. The van der Waals surface area contributed by atoms with Gasteiger partial charge >= 0.3 is 0 Å². The summed E-state index contributed by atoms with van der Waals surface area (Å²) in [4.78, 5) is 17.6. The maximum Gasteiger partial charge on any atom is 0.221 e. The van der Waals surface area contributed by atoms with Crippen LogP contribution >= 0.6 is 23.2 Å². The molecule has 1 N–H and O–H groups in total. The number of halogens is 2. The molecule has 2 heterocycles. The van der Waals surface area contributed by atoms with E-state index in [9.17, 15) is 4.79 Å². The van der Waals surface area contributed by atoms with Crippen molar-refractivity contribution in [3.63, 3.8) is 0 Å². The van der Waals surface area contributed by atoms with Gasteiger partial charge in [0.25, 0.3) is 0 Å². The van der Waals surface area contributed by atoms with Gasteiger partial charge in [0.2, 0.25) is 5.91 Å². The van der Waals surface area contributed by atoms with Crippen molar-refractivity contribution in [3.8, 4) is 5.75 Å². The average molecular weight is 482 g/mol. The van der Waals surface area contributed by atoms with Crippen molar-refractivity contribution < 1.29 is 9.53 Å². The molecule has 0 aliphatic rings. The largest absolute Gasteiger partial charge is 0.497 e. The Kier molecular flexibility index (Phi) is 7.21. The van der Waals surface area contributed by atoms with Gasteiger partial charge < -0.3 is 14.5 Å². The molecule has 33 heavy (non-hydrogen) atoms. The molecule has 5 nitrogen and oxygen atoms in total. The number of nitrogens with zero attached hydrogens (tertiary/aromatic N) is 2. The molecule has 1 atom stereocenters. The SMILES string of the molecule is COc1cccc(C(CC(=O)NCCc2ccc(Cl)cc2Cl)c2cnc3c(C)cccn23)c1. The zero-order chi connectivity index (χ0) is 23.4. The fourth-order valence-electron chi connectivity index (χ4n) is 4.00. The van der Waals surface area contributed by atoms with Crippen molar-refractivity contribution in [3.05, 3.63) is 99.4 Å². The van der Waals surface area contributed by atoms with Gasteiger partial charge in [-0.25, -0.2) is 4.98 Å². The Hall–Kier alpha value is -3.02. The number of methoxy groups -OCH3 is 1. The zero-order valence-electron chi connectivity index (χ0n) is 18.5. The minimum atomic E-state index is -0.184. The number of imidazole rings is 1. The smallest absolute Gasteiger partial charge is 0.221 e. The van der Waals surface area contributed by atoms with Crippen molar-refractivity contribution >= 4 is 34.8 Å². The van der Waals surface area contributed by atoms with Gasteiger partial charge in [-0.3, -0.25) is 4.79 Å². The summed E-state index contributed by atoms with van der Waals surface area (Å²) in [5.74, 6) is 0.520. The molecule has 1 amide bonds. The first kappa shape index (κ1) is 23.1. The van der Waals surface area contributed by atoms with Gasteiger partial charge in [-0.1, -0.05) is 47.5 Å². The van der Waals surface area contributed by atoms with Crippen LogP contribution in [0.3, 0.4) is 0 Å². The number of aryl methyl sites for hydroxylation is 1. The fraction of sp³-hybridized carbons (Fsp3) is 0.231. The Morgan fingerprint density at radius 1 is 1.15 bits per heavy atom. The van der Waals surface area contributed by atoms with Gasteiger partial charge in [-0.15, -0.1) is 0 Å². The van der Waals surface area contributed by atoms with Crippen molar-refractivity contribution in [2.24, 2.45) is 0 Å². The summed E-state index contributed by atoms with van der Waals surface area (Å²) in [5.41, 5.74) is 4.87. The van der Waals surface area contributed by atoms with E-state index in [0.29, 0.717) is 23.0 Å². The van der Waals surface area contributed by atoms with Crippen LogP contribution in [0, 0.1) is 6.92 Å². The highest BCUT2D eigenvalue weighted by atomic mass is 35.5. The topological polar surface area (TPSA) is 55.6 Å². The molecule has 7 heteroatoms. The Balaban J connectivity index is 1.55. The van der Waals surface area contributed by atoms with Crippen molar-refractivity contribution in [2.75, 3.05) is 13.7 Å². The molecule has 2 aromatic carbocycles. The lowest BCUT2D eigenvalue weighted by Crippen LogP contribution is -2.27. The van der Waals surface area contributed by atoms with E-state index >= 15 is 0 Å². The Labute approximate surface area is 203 Å². The molecule has 0 saturated heterocycles. The summed E-state index contributed by atoms with van der Waals surface area (Å²) < 4.78 is 7.48. The normalized spacial score (nSPS) is 12.0. The van der Waals surface area contributed by atoms with Crippen molar-refractivity contribution in [1.82, 2.24) is 14.7 Å². The van der Waals surface area contributed by atoms with Gasteiger partial charge in [-0.2, -0.15) is 0 Å². The Morgan fingerprint density at radius 3 is 2.79 bits per heavy atom. The lowest BCUT2D eigenvalue weighted by molar-refractivity contribution is -0.121. The highest BCUT2D eigenvalue weighted by Crippen LogP contribution is 2.31. The van der Waals surface area contributed by atoms with Crippen molar-refractivity contribution in [1.29, 1.82) is 0 Å². The molecule has 0 aliphatic heterocycles. The number of fused-ring (bicyclic) bond motifs is 1. The van der Waals surface area contributed by atoms with Crippen LogP contribution in [-0.4, -0.2) is 28.9 Å². The molecule has 170 valence electrons. The van der Waals surface area contributed by atoms with Crippen LogP contribution in [0.4, 0.5) is 0 Å². The van der Waals surface area contributed by atoms with Crippen LogP contribution in [0.15, 0.2) is 67.0 Å². The number of hydrogen-bond donors (Lipinski definition) is 1. The fourth-order valence-corrected chi connectivity index (χ4v) is 4.50. The molecule has 4 rings (SSSR count). The maximum atomic E-state index is 13.0. The van der Waals surface area contributed by atoms with Crippen LogP contribution in [0.1, 0.15) is 34.7 Å². The van der Waals surface area contributed by atoms with E-state index in [-0.39, 0.29) is 18.2 Å². The highest BCUT2D eigenvalue weighted by molar-refractivity contribution is 6.35. The quantitative estimate of drug-likeness (QED) is 0.343. The minimum absolute atomic E-state index is 0.0458. The highest BCUT2D eigenvalue weighted by Gasteiger charge is 2.22. The van der Waals surface area contributed by atoms with Gasteiger partial charge in [0.1, 0.15) is 11.4 Å². The van der Waals surface area contributed by atoms with Crippen molar-refractivity contribution in [2.45, 2.75) is 25.7 Å². The lowest BCUT2D eigenvalue weighted by Gasteiger charge is -2.18. The zero-order valence-corrected chi connectivity index (χ0v) is 20.0. The van der Waals surface area contributed by atoms with Crippen LogP contribution in [0.25, 0.3) is 5.65 Å². The van der Waals surface area contributed by atoms with Gasteiger partial charge in [0.15, 0.2) is 0 Å². The van der Waals surface area contributed by atoms with Crippen LogP contribution in [-0.2, 0) is 11.2 Å². The van der Waals surface area contributed by atoms with E-state index in [0.717, 1.165) is 33.8 Å². The van der Waals surface area contributed by atoms with E-state index in [4.69, 9.17) is 27.9 Å². The molecule has 4 aromatic rings. The standard InChI is InChI=1S/C26H25Cl2N3O2/c1-17-5-4-12-31-24(16-30-26(17)31)22(19-6-3-7-21(13-19)33-2)15-25(32)29-11-10-18-8-9-20(27)14-23(18)28/h3-9,12-14,16,22H,10-11,15H2,1-2H3,(H,29,32). The summed E-state index contributed by atoms with van der Waals surface area (Å²) >= 11 is 12.2. The number of amides is 1. The molecule has 1 unspecified atom stereocenters. The number of rotatable bonds is 8. The van der Waals surface area contributed by atoms with Crippen LogP contribution in [0.5, 0.6) is 5.75 Å². The average Bonchev–Trinajstić information content (AvgIpc) is 3.24. The summed E-state index contributed by atoms with van der Waals surface area (Å²) in [5, 5.41) is 4.23. The summed E-state index contributed by atoms with van der Waals surface area (Å²) in [7, 11) is 1.64. The van der Waals surface area contributed by atoms with Gasteiger partial charge in [0, 0.05) is 41.3 Å². The minimum Gasteiger partial charge on any atom is -0.497 e. The van der Waals surface area contributed by atoms with Crippen LogP contribution in [0.2, 0.25) is 10.0 Å². The number of benzene rings is 2. The molecular weight excluding hydrogens is 457 g/mol. The van der Waals surface area contributed by atoms with E-state index < -0.39 is 0 Å². The molecule has 0 radical (unpaired) electrons. The number of ether oxygens (including phenoxy) is 1. The summed E-state index contributed by atoms with van der Waals surface area (Å²) in [6.45, 7) is 2.51. The second-order valence-electron chi connectivity index (χ2n) is 7.94. The third kappa shape index (κ3) is 5.32. The molecule has 0 aliphatic carbocycles. The third-order valence-electron chi connectivity index (χ3n) is 5.73. The predicted octanol–water partition coefficient (Wildman–Crippen LogP) is 5.84. The van der Waals surface area contributed by atoms with E-state index in [1.54, 1.807) is 19.2 Å². The molecule has 0 fully saturated rings. The van der Waals surface area contributed by atoms with E-state index in [1.807, 2.05) is 61.8 Å². The Bertz CT molecular complexity index is 1290. The predicted molar refractivity (Wildman–Crippen MR) is 133 cm³/mol. The van der Waals surface area contributed by atoms with Crippen LogP contribution < -0.4 is 10.1 Å². The first-order chi connectivity index (χ1) is 16.0. The van der Waals surface area contributed by atoms with E-state index in [2.05, 4.69) is 14.7 Å². The second-order valence-corrected chi connectivity index (χ2v) is 8.78. The number of carbonyl (C=O) groups excluding carboxylic acids is 1. The first-order valence-electron chi connectivity index (χ1n) is 10.7. The van der Waals surface area contributed by atoms with Gasteiger partial charge in [-0.05, 0) is 60.4 Å². The molecule has 2 aromatic heterocycles.